The maximum Gasteiger partial charge on any atom is 0.332 e. The molecule has 0 aromatic carbocycles. The summed E-state index contributed by atoms with van der Waals surface area (Å²) < 4.78 is 10.8. The summed E-state index contributed by atoms with van der Waals surface area (Å²) in [4.78, 5) is 38.5. The van der Waals surface area contributed by atoms with Crippen molar-refractivity contribution in [3.8, 4) is 0 Å². The highest BCUT2D eigenvalue weighted by Crippen LogP contribution is 2.38. The monoisotopic (exact) mass is 378 g/mol. The second-order valence-corrected chi connectivity index (χ2v) is 8.75. The highest BCUT2D eigenvalue weighted by Gasteiger charge is 2.33. The van der Waals surface area contributed by atoms with E-state index in [0.29, 0.717) is 20.9 Å². The molecule has 3 rings (SSSR count). The highest BCUT2D eigenvalue weighted by molar-refractivity contribution is 7.17. The minimum atomic E-state index is -0.568. The van der Waals surface area contributed by atoms with Crippen LogP contribution < -0.4 is 0 Å². The van der Waals surface area contributed by atoms with Crippen molar-refractivity contribution in [2.75, 3.05) is 6.61 Å². The van der Waals surface area contributed by atoms with Crippen LogP contribution in [0, 0.1) is 0 Å². The van der Waals surface area contributed by atoms with Crippen molar-refractivity contribution in [3.05, 3.63) is 43.3 Å². The van der Waals surface area contributed by atoms with Crippen LogP contribution in [-0.4, -0.2) is 29.7 Å². The number of rotatable bonds is 4. The van der Waals surface area contributed by atoms with Gasteiger partial charge >= 0.3 is 5.97 Å². The molecule has 2 heterocycles. The van der Waals surface area contributed by atoms with Gasteiger partial charge in [0.25, 0.3) is 0 Å². The minimum absolute atomic E-state index is 0.116. The van der Waals surface area contributed by atoms with Gasteiger partial charge in [0.1, 0.15) is 12.2 Å². The normalized spacial score (nSPS) is 14.9. The number of ether oxygens (including phenoxy) is 2. The van der Waals surface area contributed by atoms with Gasteiger partial charge in [0.15, 0.2) is 5.78 Å². The predicted molar refractivity (Wildman–Crippen MR) is 95.7 cm³/mol. The molecule has 0 radical (unpaired) electrons. The molecule has 1 aliphatic rings. The molecule has 5 nitrogen and oxygen atoms in total. The third-order valence-corrected chi connectivity index (χ3v) is 5.80. The van der Waals surface area contributed by atoms with Crippen molar-refractivity contribution in [1.82, 2.24) is 0 Å². The number of esters is 1. The van der Waals surface area contributed by atoms with Gasteiger partial charge in [0.05, 0.1) is 15.9 Å². The number of carbonyl (C=O) groups is 3. The molecule has 0 fully saturated rings. The summed E-state index contributed by atoms with van der Waals surface area (Å²) in [6, 6.07) is 3.38. The van der Waals surface area contributed by atoms with E-state index in [-0.39, 0.29) is 18.2 Å². The van der Waals surface area contributed by atoms with Gasteiger partial charge in [-0.1, -0.05) is 0 Å². The van der Waals surface area contributed by atoms with Gasteiger partial charge in [-0.05, 0) is 45.2 Å². The van der Waals surface area contributed by atoms with Gasteiger partial charge in [0, 0.05) is 16.0 Å². The van der Waals surface area contributed by atoms with Gasteiger partial charge in [-0.15, -0.1) is 22.7 Å². The SMILES string of the molecule is CC(OCC(=O)OC(C)(C)C)c1cc2c(s1)C(=O)c1sccc1C2=O. The summed E-state index contributed by atoms with van der Waals surface area (Å²) >= 11 is 2.53. The van der Waals surface area contributed by atoms with Gasteiger partial charge < -0.3 is 9.47 Å². The second-order valence-electron chi connectivity index (χ2n) is 6.75. The Bertz CT molecular complexity index is 805. The van der Waals surface area contributed by atoms with E-state index in [2.05, 4.69) is 0 Å². The zero-order valence-corrected chi connectivity index (χ0v) is 16.0. The van der Waals surface area contributed by atoms with Crippen LogP contribution >= 0.6 is 22.7 Å². The van der Waals surface area contributed by atoms with Gasteiger partial charge in [-0.25, -0.2) is 4.79 Å². The largest absolute Gasteiger partial charge is 0.458 e. The lowest BCUT2D eigenvalue weighted by molar-refractivity contribution is -0.162. The molecular formula is C18H18O5S2. The Balaban J connectivity index is 1.74. The smallest absolute Gasteiger partial charge is 0.332 e. The van der Waals surface area contributed by atoms with Crippen LogP contribution in [0.4, 0.5) is 0 Å². The molecule has 2 aromatic rings. The number of hydrogen-bond donors (Lipinski definition) is 0. The maximum absolute atomic E-state index is 12.5. The van der Waals surface area contributed by atoms with Crippen molar-refractivity contribution in [2.24, 2.45) is 0 Å². The van der Waals surface area contributed by atoms with E-state index < -0.39 is 17.7 Å². The lowest BCUT2D eigenvalue weighted by Gasteiger charge is -2.20. The van der Waals surface area contributed by atoms with E-state index in [0.717, 1.165) is 4.88 Å². The van der Waals surface area contributed by atoms with Crippen molar-refractivity contribution in [1.29, 1.82) is 0 Å². The van der Waals surface area contributed by atoms with Crippen molar-refractivity contribution < 1.29 is 23.9 Å². The Morgan fingerprint density at radius 3 is 2.56 bits per heavy atom. The lowest BCUT2D eigenvalue weighted by atomic mass is 9.95. The van der Waals surface area contributed by atoms with E-state index in [4.69, 9.17) is 9.47 Å². The van der Waals surface area contributed by atoms with E-state index >= 15 is 0 Å². The molecule has 1 unspecified atom stereocenters. The molecule has 0 saturated heterocycles. The van der Waals surface area contributed by atoms with Crippen LogP contribution in [0.25, 0.3) is 0 Å². The summed E-state index contributed by atoms with van der Waals surface area (Å²) in [5.41, 5.74) is 0.319. The molecule has 0 spiro atoms. The Morgan fingerprint density at radius 1 is 1.16 bits per heavy atom. The predicted octanol–water partition coefficient (Wildman–Crippen LogP) is 4.00. The Labute approximate surface area is 153 Å². The Morgan fingerprint density at radius 2 is 1.88 bits per heavy atom. The van der Waals surface area contributed by atoms with E-state index in [1.165, 1.54) is 22.7 Å². The molecular weight excluding hydrogens is 360 g/mol. The molecule has 0 amide bonds. The van der Waals surface area contributed by atoms with Gasteiger partial charge in [0.2, 0.25) is 5.78 Å². The number of ketones is 2. The topological polar surface area (TPSA) is 69.7 Å². The average molecular weight is 378 g/mol. The zero-order valence-electron chi connectivity index (χ0n) is 14.4. The van der Waals surface area contributed by atoms with Crippen LogP contribution in [-0.2, 0) is 14.3 Å². The van der Waals surface area contributed by atoms with Crippen molar-refractivity contribution in [2.45, 2.75) is 39.4 Å². The summed E-state index contributed by atoms with van der Waals surface area (Å²) in [6.07, 6.45) is -0.415. The highest BCUT2D eigenvalue weighted by atomic mass is 32.1. The molecule has 25 heavy (non-hydrogen) atoms. The molecule has 2 aromatic heterocycles. The molecule has 132 valence electrons. The second kappa shape index (κ2) is 6.48. The molecule has 0 aliphatic heterocycles. The van der Waals surface area contributed by atoms with E-state index in [9.17, 15) is 14.4 Å². The number of fused-ring (bicyclic) bond motifs is 2. The van der Waals surface area contributed by atoms with E-state index in [1.807, 2.05) is 0 Å². The molecule has 0 N–H and O–H groups in total. The first-order valence-electron chi connectivity index (χ1n) is 7.81. The summed E-state index contributed by atoms with van der Waals surface area (Å²) in [5, 5.41) is 1.75. The minimum Gasteiger partial charge on any atom is -0.458 e. The summed E-state index contributed by atoms with van der Waals surface area (Å²) in [5.74, 6) is -0.696. The first kappa shape index (κ1) is 18.0. The van der Waals surface area contributed by atoms with Crippen LogP contribution in [0.15, 0.2) is 17.5 Å². The third-order valence-electron chi connectivity index (χ3n) is 3.59. The quantitative estimate of drug-likeness (QED) is 0.642. The Hall–Kier alpha value is -1.83. The fraction of sp³-hybridized carbons (Fsp3) is 0.389. The van der Waals surface area contributed by atoms with Crippen molar-refractivity contribution >= 4 is 40.2 Å². The number of thiophene rings is 2. The first-order chi connectivity index (χ1) is 11.7. The maximum atomic E-state index is 12.5. The van der Waals surface area contributed by atoms with Gasteiger partial charge in [-0.3, -0.25) is 9.59 Å². The average Bonchev–Trinajstić information content (AvgIpc) is 3.15. The fourth-order valence-corrected chi connectivity index (χ4v) is 4.51. The number of hydrogen-bond acceptors (Lipinski definition) is 7. The molecule has 1 aliphatic carbocycles. The van der Waals surface area contributed by atoms with Gasteiger partial charge in [-0.2, -0.15) is 0 Å². The zero-order chi connectivity index (χ0) is 18.4. The van der Waals surface area contributed by atoms with Crippen LogP contribution in [0.2, 0.25) is 0 Å². The van der Waals surface area contributed by atoms with E-state index in [1.54, 1.807) is 45.2 Å². The molecule has 7 heteroatoms. The molecule has 0 bridgehead atoms. The summed E-state index contributed by atoms with van der Waals surface area (Å²) in [7, 11) is 0. The molecule has 1 atom stereocenters. The van der Waals surface area contributed by atoms with Crippen LogP contribution in [0.1, 0.15) is 69.1 Å². The number of carbonyl (C=O) groups excluding carboxylic acids is 3. The first-order valence-corrected chi connectivity index (χ1v) is 9.51. The summed E-state index contributed by atoms with van der Waals surface area (Å²) in [6.45, 7) is 6.97. The van der Waals surface area contributed by atoms with Crippen molar-refractivity contribution in [3.63, 3.8) is 0 Å². The lowest BCUT2D eigenvalue weighted by Crippen LogP contribution is -2.26. The van der Waals surface area contributed by atoms with Crippen LogP contribution in [0.3, 0.4) is 0 Å². The standard InChI is InChI=1S/C18H18O5S2/c1-9(22-8-13(19)23-18(2,3)4)12-7-11-14(20)10-5-6-24-16(10)15(21)17(11)25-12/h5-7,9H,8H2,1-4H3. The fourth-order valence-electron chi connectivity index (χ4n) is 2.51. The third kappa shape index (κ3) is 3.58. The Kier molecular flexibility index (Phi) is 4.66. The van der Waals surface area contributed by atoms with Crippen LogP contribution in [0.5, 0.6) is 0 Å². The molecule has 0 saturated carbocycles.